The van der Waals surface area contributed by atoms with Crippen LogP contribution in [-0.2, 0) is 14.8 Å². The summed E-state index contributed by atoms with van der Waals surface area (Å²) in [6, 6.07) is 0. The summed E-state index contributed by atoms with van der Waals surface area (Å²) in [6.45, 7) is 5.39. The molecule has 0 aromatic rings. The quantitative estimate of drug-likeness (QED) is 0.772. The van der Waals surface area contributed by atoms with Crippen LogP contribution in [0, 0.1) is 11.3 Å². The van der Waals surface area contributed by atoms with E-state index < -0.39 is 15.4 Å². The third kappa shape index (κ3) is 5.28. The number of carbonyl (C=O) groups is 1. The molecule has 5 nitrogen and oxygen atoms in total. The van der Waals surface area contributed by atoms with Gasteiger partial charge in [0.1, 0.15) is 0 Å². The van der Waals surface area contributed by atoms with Gasteiger partial charge in [-0.2, -0.15) is 0 Å². The number of likely N-dealkylation sites (tertiary alicyclic amines) is 1. The molecule has 0 bridgehead atoms. The van der Waals surface area contributed by atoms with Gasteiger partial charge >= 0.3 is 0 Å². The van der Waals surface area contributed by atoms with Crippen molar-refractivity contribution in [2.75, 3.05) is 31.8 Å². The molecule has 0 radical (unpaired) electrons. The van der Waals surface area contributed by atoms with Crippen molar-refractivity contribution in [2.45, 2.75) is 26.7 Å². The molecule has 1 rings (SSSR count). The van der Waals surface area contributed by atoms with E-state index in [1.165, 1.54) is 0 Å². The average molecular weight is 311 g/mol. The molecule has 0 aromatic carbocycles. The summed E-state index contributed by atoms with van der Waals surface area (Å²) in [5.74, 6) is 0.513. The first-order valence-electron chi connectivity index (χ1n) is 6.46. The number of piperidine rings is 1. The lowest BCUT2D eigenvalue weighted by Gasteiger charge is -2.37. The lowest BCUT2D eigenvalue weighted by atomic mass is 9.91. The van der Waals surface area contributed by atoms with E-state index in [2.05, 4.69) is 4.72 Å². The zero-order valence-corrected chi connectivity index (χ0v) is 13.4. The smallest absolute Gasteiger partial charge is 0.229 e. The molecule has 0 aliphatic carbocycles. The Morgan fingerprint density at radius 3 is 2.63 bits per heavy atom. The minimum atomic E-state index is -3.17. The molecule has 1 fully saturated rings. The van der Waals surface area contributed by atoms with Crippen LogP contribution in [0.25, 0.3) is 0 Å². The van der Waals surface area contributed by atoms with E-state index in [-0.39, 0.29) is 17.7 Å². The Morgan fingerprint density at radius 1 is 1.47 bits per heavy atom. The fourth-order valence-electron chi connectivity index (χ4n) is 2.17. The Labute approximate surface area is 120 Å². The predicted molar refractivity (Wildman–Crippen MR) is 76.7 cm³/mol. The van der Waals surface area contributed by atoms with Crippen molar-refractivity contribution in [3.05, 3.63) is 0 Å². The highest BCUT2D eigenvalue weighted by Gasteiger charge is 2.33. The number of rotatable bonds is 5. The normalized spacial score (nSPS) is 21.5. The minimum Gasteiger partial charge on any atom is -0.342 e. The SMILES string of the molecule is CC(C)(CCl)C(=O)N1CCCC(CNS(C)(=O)=O)C1. The number of amides is 1. The first kappa shape index (κ1) is 16.7. The van der Waals surface area contributed by atoms with Crippen LogP contribution < -0.4 is 4.72 Å². The van der Waals surface area contributed by atoms with Crippen LogP contribution in [0.4, 0.5) is 0 Å². The Morgan fingerprint density at radius 2 is 2.11 bits per heavy atom. The monoisotopic (exact) mass is 310 g/mol. The van der Waals surface area contributed by atoms with Crippen LogP contribution in [0.15, 0.2) is 0 Å². The van der Waals surface area contributed by atoms with E-state index in [1.807, 2.05) is 13.8 Å². The van der Waals surface area contributed by atoms with Gasteiger partial charge in [-0.1, -0.05) is 0 Å². The van der Waals surface area contributed by atoms with Crippen molar-refractivity contribution in [3.8, 4) is 0 Å². The van der Waals surface area contributed by atoms with Gasteiger partial charge in [-0.05, 0) is 32.6 Å². The van der Waals surface area contributed by atoms with E-state index in [4.69, 9.17) is 11.6 Å². The molecule has 1 aliphatic heterocycles. The maximum absolute atomic E-state index is 12.3. The van der Waals surface area contributed by atoms with Crippen molar-refractivity contribution >= 4 is 27.5 Å². The number of nitrogens with zero attached hydrogens (tertiary/aromatic N) is 1. The molecule has 1 heterocycles. The Balaban J connectivity index is 2.57. The standard InChI is InChI=1S/C12H23ClN2O3S/c1-12(2,9-13)11(16)15-6-4-5-10(8-15)7-14-19(3,17)18/h10,14H,4-9H2,1-3H3. The highest BCUT2D eigenvalue weighted by atomic mass is 35.5. The van der Waals surface area contributed by atoms with E-state index >= 15 is 0 Å². The van der Waals surface area contributed by atoms with Crippen LogP contribution in [0.1, 0.15) is 26.7 Å². The second-order valence-corrected chi connectivity index (χ2v) is 8.00. The Hall–Kier alpha value is -0.330. The molecule has 19 heavy (non-hydrogen) atoms. The van der Waals surface area contributed by atoms with Crippen molar-refractivity contribution in [1.82, 2.24) is 9.62 Å². The third-order valence-electron chi connectivity index (χ3n) is 3.35. The summed E-state index contributed by atoms with van der Waals surface area (Å²) >= 11 is 5.83. The molecular weight excluding hydrogens is 288 g/mol. The van der Waals surface area contributed by atoms with Gasteiger partial charge in [0, 0.05) is 25.5 Å². The number of carbonyl (C=O) groups excluding carboxylic acids is 1. The first-order valence-corrected chi connectivity index (χ1v) is 8.88. The molecule has 7 heteroatoms. The van der Waals surface area contributed by atoms with Gasteiger partial charge < -0.3 is 4.90 Å². The van der Waals surface area contributed by atoms with Crippen LogP contribution >= 0.6 is 11.6 Å². The van der Waals surface area contributed by atoms with Crippen LogP contribution in [0.5, 0.6) is 0 Å². The minimum absolute atomic E-state index is 0.0477. The molecule has 1 aliphatic rings. The van der Waals surface area contributed by atoms with Crippen LogP contribution in [0.2, 0.25) is 0 Å². The summed E-state index contributed by atoms with van der Waals surface area (Å²) in [5.41, 5.74) is -0.562. The second-order valence-electron chi connectivity index (χ2n) is 5.90. The second kappa shape index (κ2) is 6.41. The molecule has 1 atom stereocenters. The number of sulfonamides is 1. The van der Waals surface area contributed by atoms with Gasteiger partial charge in [0.15, 0.2) is 0 Å². The molecular formula is C12H23ClN2O3S. The number of nitrogens with one attached hydrogen (secondary N) is 1. The van der Waals surface area contributed by atoms with Crippen molar-refractivity contribution < 1.29 is 13.2 Å². The molecule has 0 aromatic heterocycles. The van der Waals surface area contributed by atoms with Crippen molar-refractivity contribution in [1.29, 1.82) is 0 Å². The van der Waals surface area contributed by atoms with Gasteiger partial charge in [-0.15, -0.1) is 11.6 Å². The zero-order valence-electron chi connectivity index (χ0n) is 11.8. The fraction of sp³-hybridized carbons (Fsp3) is 0.917. The molecule has 0 spiro atoms. The Kier molecular flexibility index (Phi) is 5.65. The van der Waals surface area contributed by atoms with E-state index in [1.54, 1.807) is 4.90 Å². The van der Waals surface area contributed by atoms with E-state index in [0.717, 1.165) is 25.6 Å². The van der Waals surface area contributed by atoms with E-state index in [9.17, 15) is 13.2 Å². The zero-order chi connectivity index (χ0) is 14.7. The summed E-state index contributed by atoms with van der Waals surface area (Å²) in [6.07, 6.45) is 2.99. The molecule has 1 amide bonds. The summed E-state index contributed by atoms with van der Waals surface area (Å²) in [5, 5.41) is 0. The largest absolute Gasteiger partial charge is 0.342 e. The number of alkyl halides is 1. The number of halogens is 1. The maximum atomic E-state index is 12.3. The maximum Gasteiger partial charge on any atom is 0.229 e. The van der Waals surface area contributed by atoms with Gasteiger partial charge in [0.25, 0.3) is 0 Å². The Bertz CT molecular complexity index is 423. The number of hydrogen-bond donors (Lipinski definition) is 1. The highest BCUT2D eigenvalue weighted by Crippen LogP contribution is 2.25. The average Bonchev–Trinajstić information content (AvgIpc) is 2.35. The summed E-state index contributed by atoms with van der Waals surface area (Å²) < 4.78 is 24.7. The van der Waals surface area contributed by atoms with Gasteiger partial charge in [-0.3, -0.25) is 4.79 Å². The highest BCUT2D eigenvalue weighted by molar-refractivity contribution is 7.88. The van der Waals surface area contributed by atoms with Gasteiger partial charge in [-0.25, -0.2) is 13.1 Å². The van der Waals surface area contributed by atoms with Crippen LogP contribution in [0.3, 0.4) is 0 Å². The summed E-state index contributed by atoms with van der Waals surface area (Å²) in [4.78, 5) is 14.1. The summed E-state index contributed by atoms with van der Waals surface area (Å²) in [7, 11) is -3.17. The molecule has 112 valence electrons. The molecule has 1 N–H and O–H groups in total. The molecule has 1 saturated heterocycles. The van der Waals surface area contributed by atoms with E-state index in [0.29, 0.717) is 13.1 Å². The fourth-order valence-corrected chi connectivity index (χ4v) is 2.82. The first-order chi connectivity index (χ1) is 8.65. The predicted octanol–water partition coefficient (Wildman–Crippen LogP) is 1.04. The van der Waals surface area contributed by atoms with Crippen molar-refractivity contribution in [3.63, 3.8) is 0 Å². The lowest BCUT2D eigenvalue weighted by Crippen LogP contribution is -2.48. The molecule has 1 unspecified atom stereocenters. The van der Waals surface area contributed by atoms with Crippen molar-refractivity contribution in [2.24, 2.45) is 11.3 Å². The lowest BCUT2D eigenvalue weighted by molar-refractivity contribution is -0.141. The van der Waals surface area contributed by atoms with Gasteiger partial charge in [0.05, 0.1) is 11.7 Å². The van der Waals surface area contributed by atoms with Gasteiger partial charge in [0.2, 0.25) is 15.9 Å². The van der Waals surface area contributed by atoms with Crippen LogP contribution in [-0.4, -0.2) is 51.0 Å². The number of hydrogen-bond acceptors (Lipinski definition) is 3. The third-order valence-corrected chi connectivity index (χ3v) is 4.71. The molecule has 0 saturated carbocycles. The topological polar surface area (TPSA) is 66.5 Å².